The molecule has 1 aromatic rings. The molecule has 1 aliphatic rings. The van der Waals surface area contributed by atoms with Crippen LogP contribution in [0.3, 0.4) is 0 Å². The minimum atomic E-state index is -0.393. The number of ether oxygens (including phenoxy) is 1. The number of aliphatic hydroxyl groups excluding tert-OH is 1. The second kappa shape index (κ2) is 5.56. The van der Waals surface area contributed by atoms with Crippen molar-refractivity contribution in [3.63, 3.8) is 0 Å². The van der Waals surface area contributed by atoms with Crippen LogP contribution in [-0.4, -0.2) is 35.6 Å². The van der Waals surface area contributed by atoms with E-state index in [1.807, 2.05) is 0 Å². The van der Waals surface area contributed by atoms with Gasteiger partial charge in [-0.3, -0.25) is 10.1 Å². The van der Waals surface area contributed by atoms with Gasteiger partial charge in [0.1, 0.15) is 0 Å². The molecular formula is C11H12BrNO4S. The van der Waals surface area contributed by atoms with Gasteiger partial charge in [-0.2, -0.15) is 0 Å². The average Bonchev–Trinajstić information content (AvgIpc) is 2.29. The lowest BCUT2D eigenvalue weighted by atomic mass is 9.90. The molecule has 5 nitrogen and oxygen atoms in total. The molecule has 18 heavy (non-hydrogen) atoms. The van der Waals surface area contributed by atoms with Gasteiger partial charge in [-0.1, -0.05) is 15.9 Å². The van der Waals surface area contributed by atoms with E-state index in [0.29, 0.717) is 28.3 Å². The predicted molar refractivity (Wildman–Crippen MR) is 71.9 cm³/mol. The second-order valence-corrected chi connectivity index (χ2v) is 6.24. The summed E-state index contributed by atoms with van der Waals surface area (Å²) < 4.78 is 5.78. The first-order chi connectivity index (χ1) is 8.56. The number of nitro benzene ring substituents is 1. The second-order valence-electron chi connectivity index (χ2n) is 4.31. The fraction of sp³-hybridized carbons (Fsp3) is 0.455. The van der Waals surface area contributed by atoms with E-state index in [0.717, 1.165) is 0 Å². The Bertz CT molecular complexity index is 459. The van der Waals surface area contributed by atoms with E-state index in [1.54, 1.807) is 12.1 Å². The summed E-state index contributed by atoms with van der Waals surface area (Å²) in [7, 11) is 0. The van der Waals surface area contributed by atoms with Crippen LogP contribution in [0, 0.1) is 15.5 Å². The van der Waals surface area contributed by atoms with Crippen molar-refractivity contribution in [2.24, 2.45) is 5.41 Å². The fourth-order valence-corrected chi connectivity index (χ4v) is 3.11. The third kappa shape index (κ3) is 2.85. The van der Waals surface area contributed by atoms with Gasteiger partial charge >= 0.3 is 0 Å². The van der Waals surface area contributed by atoms with Gasteiger partial charge in [0, 0.05) is 21.7 Å². The maximum atomic E-state index is 10.9. The summed E-state index contributed by atoms with van der Waals surface area (Å²) in [6, 6.07) is 4.99. The lowest BCUT2D eigenvalue weighted by Crippen LogP contribution is -2.47. The molecule has 2 rings (SSSR count). The number of rotatable bonds is 5. The maximum Gasteiger partial charge on any atom is 0.283 e. The molecule has 1 fully saturated rings. The van der Waals surface area contributed by atoms with Crippen LogP contribution in [0.25, 0.3) is 0 Å². The Labute approximate surface area is 117 Å². The molecular weight excluding hydrogens is 322 g/mol. The highest BCUT2D eigenvalue weighted by atomic mass is 79.9. The van der Waals surface area contributed by atoms with E-state index < -0.39 is 4.92 Å². The van der Waals surface area contributed by atoms with E-state index in [9.17, 15) is 15.2 Å². The number of nitrogens with zero attached hydrogens (tertiary/aromatic N) is 1. The minimum absolute atomic E-state index is 0.0460. The third-order valence-corrected chi connectivity index (χ3v) is 4.71. The van der Waals surface area contributed by atoms with Crippen LogP contribution < -0.4 is 0 Å². The SMILES string of the molecule is O=[N+]([O-])c1cc(Br)ccc1SCC1(CO)COC1. The lowest BCUT2D eigenvalue weighted by Gasteiger charge is -2.39. The Morgan fingerprint density at radius 3 is 2.78 bits per heavy atom. The molecule has 0 unspecified atom stereocenters. The van der Waals surface area contributed by atoms with E-state index >= 15 is 0 Å². The van der Waals surface area contributed by atoms with E-state index in [2.05, 4.69) is 15.9 Å². The monoisotopic (exact) mass is 333 g/mol. The van der Waals surface area contributed by atoms with E-state index in [4.69, 9.17) is 4.74 Å². The van der Waals surface area contributed by atoms with Gasteiger partial charge in [0.25, 0.3) is 5.69 Å². The highest BCUT2D eigenvalue weighted by Crippen LogP contribution is 2.38. The fourth-order valence-electron chi connectivity index (χ4n) is 1.60. The molecule has 0 aliphatic carbocycles. The summed E-state index contributed by atoms with van der Waals surface area (Å²) in [5.41, 5.74) is -0.159. The zero-order chi connectivity index (χ0) is 13.2. The Morgan fingerprint density at radius 1 is 1.56 bits per heavy atom. The van der Waals surface area contributed by atoms with Crippen molar-refractivity contribution in [3.05, 3.63) is 32.8 Å². The first kappa shape index (κ1) is 13.8. The molecule has 1 N–H and O–H groups in total. The van der Waals surface area contributed by atoms with Crippen LogP contribution in [0.1, 0.15) is 0 Å². The molecule has 0 spiro atoms. The van der Waals surface area contributed by atoms with Crippen molar-refractivity contribution in [2.75, 3.05) is 25.6 Å². The number of nitro groups is 1. The standard InChI is InChI=1S/C11H12BrNO4S/c12-8-1-2-10(9(3-8)13(15)16)18-7-11(4-14)5-17-6-11/h1-3,14H,4-7H2. The summed E-state index contributed by atoms with van der Waals surface area (Å²) in [6.45, 7) is 1.08. The van der Waals surface area contributed by atoms with Gasteiger partial charge in [0.2, 0.25) is 0 Å². The van der Waals surface area contributed by atoms with Crippen LogP contribution >= 0.6 is 27.7 Å². The van der Waals surface area contributed by atoms with Gasteiger partial charge in [-0.15, -0.1) is 11.8 Å². The van der Waals surface area contributed by atoms with E-state index in [1.165, 1.54) is 17.8 Å². The van der Waals surface area contributed by atoms with Crippen LogP contribution in [0.15, 0.2) is 27.6 Å². The van der Waals surface area contributed by atoms with Gasteiger partial charge < -0.3 is 9.84 Å². The Hall–Kier alpha value is -0.630. The summed E-state index contributed by atoms with van der Waals surface area (Å²) in [5.74, 6) is 0.617. The molecule has 0 amide bonds. The Balaban J connectivity index is 2.11. The molecule has 1 aliphatic heterocycles. The molecule has 0 aromatic heterocycles. The number of thioether (sulfide) groups is 1. The molecule has 1 heterocycles. The lowest BCUT2D eigenvalue weighted by molar-refractivity contribution is -0.387. The zero-order valence-corrected chi connectivity index (χ0v) is 11.9. The largest absolute Gasteiger partial charge is 0.396 e. The van der Waals surface area contributed by atoms with Crippen molar-refractivity contribution in [1.82, 2.24) is 0 Å². The number of hydrogen-bond donors (Lipinski definition) is 1. The molecule has 0 atom stereocenters. The first-order valence-electron chi connectivity index (χ1n) is 5.32. The molecule has 1 saturated heterocycles. The topological polar surface area (TPSA) is 72.6 Å². The predicted octanol–water partition coefficient (Wildman–Crippen LogP) is 2.46. The summed E-state index contributed by atoms with van der Waals surface area (Å²) in [4.78, 5) is 11.2. The average molecular weight is 334 g/mol. The molecule has 0 radical (unpaired) electrons. The summed E-state index contributed by atoms with van der Waals surface area (Å²) >= 11 is 4.61. The maximum absolute atomic E-state index is 10.9. The van der Waals surface area contributed by atoms with Crippen molar-refractivity contribution >= 4 is 33.4 Å². The third-order valence-electron chi connectivity index (χ3n) is 2.80. The molecule has 1 aromatic carbocycles. The van der Waals surface area contributed by atoms with Crippen molar-refractivity contribution in [1.29, 1.82) is 0 Å². The molecule has 0 saturated carbocycles. The van der Waals surface area contributed by atoms with Crippen LogP contribution in [-0.2, 0) is 4.74 Å². The van der Waals surface area contributed by atoms with Crippen molar-refractivity contribution in [3.8, 4) is 0 Å². The molecule has 98 valence electrons. The first-order valence-corrected chi connectivity index (χ1v) is 7.09. The van der Waals surface area contributed by atoms with Crippen LogP contribution in [0.5, 0.6) is 0 Å². The molecule has 0 bridgehead atoms. The van der Waals surface area contributed by atoms with Crippen LogP contribution in [0.2, 0.25) is 0 Å². The van der Waals surface area contributed by atoms with Gasteiger partial charge in [-0.05, 0) is 12.1 Å². The normalized spacial score (nSPS) is 17.2. The Morgan fingerprint density at radius 2 is 2.28 bits per heavy atom. The van der Waals surface area contributed by atoms with Gasteiger partial charge in [0.15, 0.2) is 0 Å². The van der Waals surface area contributed by atoms with E-state index in [-0.39, 0.29) is 17.7 Å². The van der Waals surface area contributed by atoms with Gasteiger partial charge in [0.05, 0.1) is 29.6 Å². The number of hydrogen-bond acceptors (Lipinski definition) is 5. The molecule has 7 heteroatoms. The van der Waals surface area contributed by atoms with Crippen LogP contribution in [0.4, 0.5) is 5.69 Å². The summed E-state index contributed by atoms with van der Waals surface area (Å²) in [5, 5.41) is 20.3. The number of benzene rings is 1. The summed E-state index contributed by atoms with van der Waals surface area (Å²) in [6.07, 6.45) is 0. The van der Waals surface area contributed by atoms with Crippen molar-refractivity contribution < 1.29 is 14.8 Å². The zero-order valence-electron chi connectivity index (χ0n) is 9.47. The quantitative estimate of drug-likeness (QED) is 0.509. The smallest absolute Gasteiger partial charge is 0.283 e. The number of halogens is 1. The minimum Gasteiger partial charge on any atom is -0.396 e. The Kier molecular flexibility index (Phi) is 4.26. The van der Waals surface area contributed by atoms with Gasteiger partial charge in [-0.25, -0.2) is 0 Å². The van der Waals surface area contributed by atoms with Crippen molar-refractivity contribution in [2.45, 2.75) is 4.90 Å². The highest BCUT2D eigenvalue weighted by molar-refractivity contribution is 9.10. The number of aliphatic hydroxyl groups is 1. The highest BCUT2D eigenvalue weighted by Gasteiger charge is 2.38.